The van der Waals surface area contributed by atoms with E-state index >= 15 is 0 Å². The Morgan fingerprint density at radius 1 is 1.50 bits per heavy atom. The van der Waals surface area contributed by atoms with E-state index in [9.17, 15) is 4.79 Å². The Morgan fingerprint density at radius 3 is 2.50 bits per heavy atom. The van der Waals surface area contributed by atoms with Crippen molar-refractivity contribution in [2.24, 2.45) is 5.92 Å². The fraction of sp³-hybridized carbons (Fsp3) is 0.909. The molecule has 0 bridgehead atoms. The molecule has 14 heavy (non-hydrogen) atoms. The normalized spacial score (nSPS) is 26.6. The van der Waals surface area contributed by atoms with Gasteiger partial charge in [-0.3, -0.25) is 4.79 Å². The Morgan fingerprint density at radius 2 is 2.07 bits per heavy atom. The number of aliphatic carboxylic acids is 1. The van der Waals surface area contributed by atoms with E-state index in [0.717, 1.165) is 25.8 Å². The zero-order valence-corrected chi connectivity index (χ0v) is 9.42. The molecule has 1 fully saturated rings. The number of carboxylic acid groups (broad SMARTS) is 1. The van der Waals surface area contributed by atoms with E-state index in [2.05, 4.69) is 25.8 Å². The molecule has 3 heteroatoms. The van der Waals surface area contributed by atoms with Gasteiger partial charge in [0.2, 0.25) is 0 Å². The molecule has 1 aliphatic heterocycles. The van der Waals surface area contributed by atoms with Crippen LogP contribution in [0.25, 0.3) is 0 Å². The van der Waals surface area contributed by atoms with Crippen LogP contribution in [0, 0.1) is 5.92 Å². The third-order valence-corrected chi connectivity index (χ3v) is 3.98. The minimum Gasteiger partial charge on any atom is -0.481 e. The van der Waals surface area contributed by atoms with Gasteiger partial charge in [-0.15, -0.1) is 0 Å². The van der Waals surface area contributed by atoms with Gasteiger partial charge in [-0.1, -0.05) is 13.8 Å². The predicted molar refractivity (Wildman–Crippen MR) is 56.3 cm³/mol. The average Bonchev–Trinajstić information content (AvgIpc) is 2.43. The van der Waals surface area contributed by atoms with Gasteiger partial charge in [0.1, 0.15) is 0 Å². The first-order valence-corrected chi connectivity index (χ1v) is 5.49. The number of nitrogens with zero attached hydrogens (tertiary/aromatic N) is 1. The highest BCUT2D eigenvalue weighted by atomic mass is 16.4. The maximum atomic E-state index is 10.8. The van der Waals surface area contributed by atoms with Gasteiger partial charge in [0.15, 0.2) is 0 Å². The van der Waals surface area contributed by atoms with Gasteiger partial charge in [-0.2, -0.15) is 0 Å². The molecular weight excluding hydrogens is 178 g/mol. The molecule has 0 spiro atoms. The molecule has 0 amide bonds. The highest BCUT2D eigenvalue weighted by Crippen LogP contribution is 2.41. The maximum Gasteiger partial charge on any atom is 0.303 e. The molecule has 82 valence electrons. The van der Waals surface area contributed by atoms with Gasteiger partial charge in [0.25, 0.3) is 0 Å². The Labute approximate surface area is 86.1 Å². The maximum absolute atomic E-state index is 10.8. The van der Waals surface area contributed by atoms with Crippen LogP contribution in [0.4, 0.5) is 0 Å². The molecule has 1 rings (SSSR count). The van der Waals surface area contributed by atoms with E-state index in [1.807, 2.05) is 0 Å². The largest absolute Gasteiger partial charge is 0.481 e. The molecule has 1 saturated heterocycles. The molecule has 1 N–H and O–H groups in total. The second-order valence-corrected chi connectivity index (χ2v) is 4.32. The Kier molecular flexibility index (Phi) is 3.53. The van der Waals surface area contributed by atoms with E-state index in [4.69, 9.17) is 5.11 Å². The zero-order valence-electron chi connectivity index (χ0n) is 9.42. The van der Waals surface area contributed by atoms with E-state index in [-0.39, 0.29) is 5.54 Å². The smallest absolute Gasteiger partial charge is 0.303 e. The Bertz CT molecular complexity index is 211. The minimum absolute atomic E-state index is 0.137. The summed E-state index contributed by atoms with van der Waals surface area (Å²) in [5.41, 5.74) is 0.137. The lowest BCUT2D eigenvalue weighted by Gasteiger charge is -2.39. The quantitative estimate of drug-likeness (QED) is 0.752. The molecule has 1 aliphatic rings. The standard InChI is InChI=1S/C11H21NO2/c1-4-11(5-2)9(8-10(13)14)6-7-12(11)3/h9H,4-8H2,1-3H3,(H,13,14). The number of hydrogen-bond acceptors (Lipinski definition) is 2. The predicted octanol–water partition coefficient (Wildman–Crippen LogP) is 1.97. The highest BCUT2D eigenvalue weighted by molar-refractivity contribution is 5.67. The zero-order chi connectivity index (χ0) is 10.8. The van der Waals surface area contributed by atoms with Crippen LogP contribution in [-0.4, -0.2) is 35.1 Å². The van der Waals surface area contributed by atoms with Crippen LogP contribution in [0.15, 0.2) is 0 Å². The van der Waals surface area contributed by atoms with Gasteiger partial charge >= 0.3 is 5.97 Å². The first kappa shape index (κ1) is 11.5. The van der Waals surface area contributed by atoms with E-state index in [0.29, 0.717) is 12.3 Å². The topological polar surface area (TPSA) is 40.5 Å². The number of hydrogen-bond donors (Lipinski definition) is 1. The van der Waals surface area contributed by atoms with Crippen molar-refractivity contribution in [3.8, 4) is 0 Å². The van der Waals surface area contributed by atoms with Crippen LogP contribution in [-0.2, 0) is 4.79 Å². The third-order valence-electron chi connectivity index (χ3n) is 3.98. The van der Waals surface area contributed by atoms with Crippen molar-refractivity contribution >= 4 is 5.97 Å². The Balaban J connectivity index is 2.79. The van der Waals surface area contributed by atoms with Crippen molar-refractivity contribution in [3.63, 3.8) is 0 Å². The molecule has 0 aromatic rings. The van der Waals surface area contributed by atoms with Crippen molar-refractivity contribution in [1.29, 1.82) is 0 Å². The summed E-state index contributed by atoms with van der Waals surface area (Å²) >= 11 is 0. The number of likely N-dealkylation sites (tertiary alicyclic amines) is 1. The molecule has 3 nitrogen and oxygen atoms in total. The second-order valence-electron chi connectivity index (χ2n) is 4.32. The van der Waals surface area contributed by atoms with Gasteiger partial charge in [-0.05, 0) is 38.8 Å². The highest BCUT2D eigenvalue weighted by Gasteiger charge is 2.44. The lowest BCUT2D eigenvalue weighted by molar-refractivity contribution is -0.138. The summed E-state index contributed by atoms with van der Waals surface area (Å²) < 4.78 is 0. The van der Waals surface area contributed by atoms with Gasteiger partial charge < -0.3 is 10.0 Å². The molecule has 0 saturated carbocycles. The van der Waals surface area contributed by atoms with Crippen molar-refractivity contribution < 1.29 is 9.90 Å². The molecule has 0 radical (unpaired) electrons. The van der Waals surface area contributed by atoms with Gasteiger partial charge in [0, 0.05) is 12.0 Å². The van der Waals surface area contributed by atoms with E-state index in [1.165, 1.54) is 0 Å². The van der Waals surface area contributed by atoms with Crippen LogP contribution < -0.4 is 0 Å². The summed E-state index contributed by atoms with van der Waals surface area (Å²) in [6.07, 6.45) is 3.46. The lowest BCUT2D eigenvalue weighted by Crippen LogP contribution is -2.45. The number of rotatable bonds is 4. The SMILES string of the molecule is CCC1(CC)C(CC(=O)O)CCN1C. The van der Waals surface area contributed by atoms with E-state index < -0.39 is 5.97 Å². The van der Waals surface area contributed by atoms with Crippen LogP contribution in [0.2, 0.25) is 0 Å². The third kappa shape index (κ3) is 1.78. The Hall–Kier alpha value is -0.570. The van der Waals surface area contributed by atoms with Crippen molar-refractivity contribution in [3.05, 3.63) is 0 Å². The minimum atomic E-state index is -0.656. The first-order valence-electron chi connectivity index (χ1n) is 5.49. The summed E-state index contributed by atoms with van der Waals surface area (Å²) in [4.78, 5) is 13.1. The van der Waals surface area contributed by atoms with Crippen molar-refractivity contribution in [1.82, 2.24) is 4.90 Å². The molecule has 1 unspecified atom stereocenters. The molecular formula is C11H21NO2. The molecule has 0 aromatic carbocycles. The number of carboxylic acids is 1. The summed E-state index contributed by atoms with van der Waals surface area (Å²) in [7, 11) is 2.12. The van der Waals surface area contributed by atoms with Crippen LogP contribution in [0.5, 0.6) is 0 Å². The molecule has 0 aromatic heterocycles. The molecule has 1 heterocycles. The van der Waals surface area contributed by atoms with Crippen LogP contribution in [0.3, 0.4) is 0 Å². The monoisotopic (exact) mass is 199 g/mol. The van der Waals surface area contributed by atoms with Gasteiger partial charge in [-0.25, -0.2) is 0 Å². The van der Waals surface area contributed by atoms with Crippen molar-refractivity contribution in [2.75, 3.05) is 13.6 Å². The van der Waals surface area contributed by atoms with E-state index in [1.54, 1.807) is 0 Å². The first-order chi connectivity index (χ1) is 6.56. The molecule has 1 atom stereocenters. The summed E-state index contributed by atoms with van der Waals surface area (Å²) in [5, 5.41) is 8.86. The lowest BCUT2D eigenvalue weighted by atomic mass is 9.78. The number of carbonyl (C=O) groups is 1. The van der Waals surface area contributed by atoms with Crippen LogP contribution in [0.1, 0.15) is 39.5 Å². The second kappa shape index (κ2) is 4.30. The van der Waals surface area contributed by atoms with Crippen LogP contribution >= 0.6 is 0 Å². The van der Waals surface area contributed by atoms with Gasteiger partial charge in [0.05, 0.1) is 0 Å². The molecule has 0 aliphatic carbocycles. The fourth-order valence-corrected chi connectivity index (χ4v) is 3.02. The fourth-order valence-electron chi connectivity index (χ4n) is 3.02. The summed E-state index contributed by atoms with van der Waals surface area (Å²) in [6, 6.07) is 0. The van der Waals surface area contributed by atoms with Crippen molar-refractivity contribution in [2.45, 2.75) is 45.1 Å². The summed E-state index contributed by atoms with van der Waals surface area (Å²) in [5.74, 6) is -0.323. The summed E-state index contributed by atoms with van der Waals surface area (Å²) in [6.45, 7) is 5.37. The average molecular weight is 199 g/mol.